The molecule has 0 saturated carbocycles. The first kappa shape index (κ1) is 38.5. The Bertz CT molecular complexity index is 2690. The first-order valence-electron chi connectivity index (χ1n) is 20.7. The topological polar surface area (TPSA) is 24.9 Å². The zero-order valence-electron chi connectivity index (χ0n) is 35.0. The van der Waals surface area contributed by atoms with Gasteiger partial charge >= 0.3 is 0 Å². The molecular weight excluding hydrogens is 733 g/mol. The van der Waals surface area contributed by atoms with Crippen molar-refractivity contribution in [3.8, 4) is 33.8 Å². The standard InChI is InChI=1S/C56H50N2O2/c1-55(2)39-56(3,44-20-26-47(27-21-44)57(48-28-33-51(59-4)34-29-48)45-22-16-42(17-23-45)40-12-8-6-9-13-40)54-38-50(32-37-53(54)55)58(49-30-35-52(60-5)36-31-49)46-24-18-43(19-25-46)41-14-10-7-11-15-41/h6-38H,39H2,1-5H3. The average Bonchev–Trinajstić information content (AvgIpc) is 3.52. The Morgan fingerprint density at radius 3 is 1.13 bits per heavy atom. The molecule has 4 nitrogen and oxygen atoms in total. The number of hydrogen-bond acceptors (Lipinski definition) is 4. The molecule has 0 N–H and O–H groups in total. The van der Waals surface area contributed by atoms with Crippen LogP contribution in [0, 0.1) is 0 Å². The Kier molecular flexibility index (Phi) is 10.2. The second-order valence-electron chi connectivity index (χ2n) is 16.6. The maximum atomic E-state index is 5.56. The predicted octanol–water partition coefficient (Wildman–Crippen LogP) is 15.0. The van der Waals surface area contributed by atoms with Crippen LogP contribution in [0.25, 0.3) is 22.3 Å². The molecular formula is C56H50N2O2. The highest BCUT2D eigenvalue weighted by Gasteiger charge is 2.46. The summed E-state index contributed by atoms with van der Waals surface area (Å²) in [7, 11) is 3.42. The molecule has 0 radical (unpaired) electrons. The van der Waals surface area contributed by atoms with Crippen LogP contribution in [-0.4, -0.2) is 14.2 Å². The molecule has 0 aromatic heterocycles. The van der Waals surface area contributed by atoms with E-state index in [0.717, 1.165) is 52.0 Å². The molecule has 0 amide bonds. The van der Waals surface area contributed by atoms with E-state index in [4.69, 9.17) is 9.47 Å². The van der Waals surface area contributed by atoms with Crippen LogP contribution < -0.4 is 19.3 Å². The number of nitrogens with zero attached hydrogens (tertiary/aromatic N) is 2. The Morgan fingerprint density at radius 2 is 0.717 bits per heavy atom. The van der Waals surface area contributed by atoms with Gasteiger partial charge in [0.1, 0.15) is 11.5 Å². The van der Waals surface area contributed by atoms with Gasteiger partial charge in [-0.3, -0.25) is 0 Å². The summed E-state index contributed by atoms with van der Waals surface area (Å²) in [6.07, 6.45) is 0.996. The summed E-state index contributed by atoms with van der Waals surface area (Å²) >= 11 is 0. The van der Waals surface area contributed by atoms with Crippen LogP contribution in [0.3, 0.4) is 0 Å². The minimum absolute atomic E-state index is 0.0147. The first-order chi connectivity index (χ1) is 29.2. The highest BCUT2D eigenvalue weighted by Crippen LogP contribution is 2.54. The van der Waals surface area contributed by atoms with E-state index in [2.05, 4.69) is 206 Å². The molecule has 1 aliphatic rings. The second kappa shape index (κ2) is 16.0. The lowest BCUT2D eigenvalue weighted by Crippen LogP contribution is -2.23. The summed E-state index contributed by atoms with van der Waals surface area (Å²) < 4.78 is 11.1. The van der Waals surface area contributed by atoms with Crippen molar-refractivity contribution in [1.82, 2.24) is 0 Å². The fraction of sp³-hybridized carbons (Fsp3) is 0.143. The molecule has 1 atom stereocenters. The number of ether oxygens (including phenoxy) is 2. The molecule has 0 fully saturated rings. The monoisotopic (exact) mass is 782 g/mol. The third-order valence-electron chi connectivity index (χ3n) is 12.3. The number of benzene rings is 8. The minimum Gasteiger partial charge on any atom is -0.497 e. The molecule has 0 spiro atoms. The third kappa shape index (κ3) is 7.30. The minimum atomic E-state index is -0.224. The highest BCUT2D eigenvalue weighted by atomic mass is 16.5. The number of methoxy groups -OCH3 is 2. The Labute approximate surface area is 354 Å². The van der Waals surface area contributed by atoms with Crippen LogP contribution in [0.15, 0.2) is 200 Å². The van der Waals surface area contributed by atoms with Crippen molar-refractivity contribution in [2.24, 2.45) is 0 Å². The molecule has 0 bridgehead atoms. The lowest BCUT2D eigenvalue weighted by molar-refractivity contribution is 0.414. The predicted molar refractivity (Wildman–Crippen MR) is 250 cm³/mol. The SMILES string of the molecule is COc1ccc(N(c2ccc(-c3ccccc3)cc2)c2ccc(C3(C)CC(C)(C)c4ccc(N(c5ccc(OC)cc5)c5ccc(-c6ccccc6)cc5)cc43)cc2)cc1. The number of anilines is 6. The van der Waals surface area contributed by atoms with Crippen molar-refractivity contribution in [3.63, 3.8) is 0 Å². The van der Waals surface area contributed by atoms with E-state index < -0.39 is 0 Å². The molecule has 296 valence electrons. The fourth-order valence-electron chi connectivity index (χ4n) is 9.25. The van der Waals surface area contributed by atoms with Gasteiger partial charge in [0, 0.05) is 39.5 Å². The van der Waals surface area contributed by atoms with Gasteiger partial charge in [0.2, 0.25) is 0 Å². The van der Waals surface area contributed by atoms with Crippen molar-refractivity contribution in [3.05, 3.63) is 217 Å². The van der Waals surface area contributed by atoms with Crippen molar-refractivity contribution in [2.75, 3.05) is 24.0 Å². The average molecular weight is 783 g/mol. The quantitative estimate of drug-likeness (QED) is 0.130. The van der Waals surface area contributed by atoms with E-state index >= 15 is 0 Å². The lowest BCUT2D eigenvalue weighted by atomic mass is 9.75. The maximum absolute atomic E-state index is 5.56. The van der Waals surface area contributed by atoms with Crippen LogP contribution in [-0.2, 0) is 10.8 Å². The summed E-state index contributed by atoms with van der Waals surface area (Å²) in [4.78, 5) is 4.68. The van der Waals surface area contributed by atoms with Gasteiger partial charge in [-0.2, -0.15) is 0 Å². The lowest BCUT2D eigenvalue weighted by Gasteiger charge is -2.31. The molecule has 1 unspecified atom stereocenters. The third-order valence-corrected chi connectivity index (χ3v) is 12.3. The molecule has 4 heteroatoms. The van der Waals surface area contributed by atoms with E-state index in [1.165, 1.54) is 38.9 Å². The fourth-order valence-corrected chi connectivity index (χ4v) is 9.25. The van der Waals surface area contributed by atoms with Crippen LogP contribution in [0.5, 0.6) is 11.5 Å². The normalized spacial score (nSPS) is 15.2. The van der Waals surface area contributed by atoms with Gasteiger partial charge in [-0.05, 0) is 148 Å². The van der Waals surface area contributed by atoms with E-state index in [0.29, 0.717) is 0 Å². The molecule has 8 aromatic rings. The molecule has 0 aliphatic heterocycles. The van der Waals surface area contributed by atoms with E-state index in [1.807, 2.05) is 24.3 Å². The van der Waals surface area contributed by atoms with Gasteiger partial charge in [0.15, 0.2) is 0 Å². The molecule has 0 saturated heterocycles. The Morgan fingerprint density at radius 1 is 0.367 bits per heavy atom. The number of rotatable bonds is 11. The number of fused-ring (bicyclic) bond motifs is 1. The summed E-state index contributed by atoms with van der Waals surface area (Å²) in [5.74, 6) is 1.66. The van der Waals surface area contributed by atoms with Crippen molar-refractivity contribution >= 4 is 34.1 Å². The number of hydrogen-bond donors (Lipinski definition) is 0. The van der Waals surface area contributed by atoms with Crippen molar-refractivity contribution < 1.29 is 9.47 Å². The zero-order valence-corrected chi connectivity index (χ0v) is 35.0. The van der Waals surface area contributed by atoms with E-state index in [1.54, 1.807) is 14.2 Å². The molecule has 1 aliphatic carbocycles. The van der Waals surface area contributed by atoms with Crippen LogP contribution >= 0.6 is 0 Å². The maximum Gasteiger partial charge on any atom is 0.119 e. The molecule has 0 heterocycles. The zero-order chi connectivity index (χ0) is 41.3. The van der Waals surface area contributed by atoms with Crippen LogP contribution in [0.1, 0.15) is 43.9 Å². The van der Waals surface area contributed by atoms with Crippen molar-refractivity contribution in [2.45, 2.75) is 38.0 Å². The van der Waals surface area contributed by atoms with Crippen LogP contribution in [0.4, 0.5) is 34.1 Å². The van der Waals surface area contributed by atoms with Gasteiger partial charge in [-0.1, -0.05) is 124 Å². The van der Waals surface area contributed by atoms with Gasteiger partial charge in [-0.15, -0.1) is 0 Å². The van der Waals surface area contributed by atoms with E-state index in [-0.39, 0.29) is 10.8 Å². The summed E-state index contributed by atoms with van der Waals surface area (Å²) in [5.41, 5.74) is 15.1. The van der Waals surface area contributed by atoms with Crippen molar-refractivity contribution in [1.29, 1.82) is 0 Å². The van der Waals surface area contributed by atoms with Crippen LogP contribution in [0.2, 0.25) is 0 Å². The Hall–Kier alpha value is -7.04. The van der Waals surface area contributed by atoms with Gasteiger partial charge in [-0.25, -0.2) is 0 Å². The van der Waals surface area contributed by atoms with Gasteiger partial charge in [0.25, 0.3) is 0 Å². The smallest absolute Gasteiger partial charge is 0.119 e. The first-order valence-corrected chi connectivity index (χ1v) is 20.7. The largest absolute Gasteiger partial charge is 0.497 e. The van der Waals surface area contributed by atoms with Gasteiger partial charge in [0.05, 0.1) is 14.2 Å². The molecule has 60 heavy (non-hydrogen) atoms. The summed E-state index contributed by atoms with van der Waals surface area (Å²) in [6.45, 7) is 7.20. The summed E-state index contributed by atoms with van der Waals surface area (Å²) in [5, 5.41) is 0. The van der Waals surface area contributed by atoms with Gasteiger partial charge < -0.3 is 19.3 Å². The molecule has 8 aromatic carbocycles. The molecule has 9 rings (SSSR count). The summed E-state index contributed by atoms with van der Waals surface area (Å²) in [6, 6.07) is 71.8. The second-order valence-corrected chi connectivity index (χ2v) is 16.6. The van der Waals surface area contributed by atoms with E-state index in [9.17, 15) is 0 Å². The highest BCUT2D eigenvalue weighted by molar-refractivity contribution is 5.81. The Balaban J connectivity index is 1.10.